The summed E-state index contributed by atoms with van der Waals surface area (Å²) in [6.07, 6.45) is 0. The van der Waals surface area contributed by atoms with E-state index in [0.29, 0.717) is 18.0 Å². The van der Waals surface area contributed by atoms with Gasteiger partial charge in [0.1, 0.15) is 0 Å². The normalized spacial score (nSPS) is 10.6. The van der Waals surface area contributed by atoms with Crippen LogP contribution in [0, 0.1) is 0 Å². The zero-order valence-electron chi connectivity index (χ0n) is 10.5. The van der Waals surface area contributed by atoms with Crippen molar-refractivity contribution >= 4 is 17.2 Å². The van der Waals surface area contributed by atoms with Crippen LogP contribution in [0.15, 0.2) is 35.2 Å². The second-order valence-electron chi connectivity index (χ2n) is 4.44. The van der Waals surface area contributed by atoms with Gasteiger partial charge in [-0.2, -0.15) is 0 Å². The first-order chi connectivity index (χ1) is 8.66. The Morgan fingerprint density at radius 2 is 2.06 bits per heavy atom. The van der Waals surface area contributed by atoms with E-state index >= 15 is 0 Å². The van der Waals surface area contributed by atoms with E-state index in [4.69, 9.17) is 0 Å². The summed E-state index contributed by atoms with van der Waals surface area (Å²) in [6.45, 7) is 4.75. The second kappa shape index (κ2) is 5.78. The first-order valence-corrected chi connectivity index (χ1v) is 6.86. The molecule has 3 nitrogen and oxygen atoms in total. The quantitative estimate of drug-likeness (QED) is 0.917. The molecule has 0 spiro atoms. The van der Waals surface area contributed by atoms with Crippen molar-refractivity contribution in [1.82, 2.24) is 10.3 Å². The third-order valence-electron chi connectivity index (χ3n) is 2.75. The van der Waals surface area contributed by atoms with Gasteiger partial charge in [0.25, 0.3) is 5.91 Å². The summed E-state index contributed by atoms with van der Waals surface area (Å²) in [5, 5.41) is 4.79. The fraction of sp³-hybridized carbons (Fsp3) is 0.286. The van der Waals surface area contributed by atoms with Crippen molar-refractivity contribution in [3.8, 4) is 0 Å². The summed E-state index contributed by atoms with van der Waals surface area (Å²) in [5.41, 5.74) is 4.59. The van der Waals surface area contributed by atoms with Crippen molar-refractivity contribution < 1.29 is 4.79 Å². The van der Waals surface area contributed by atoms with Gasteiger partial charge in [-0.3, -0.25) is 4.79 Å². The summed E-state index contributed by atoms with van der Waals surface area (Å²) in [5.74, 6) is 0.426. The van der Waals surface area contributed by atoms with Gasteiger partial charge in [-0.1, -0.05) is 26.0 Å². The average molecular weight is 260 g/mol. The lowest BCUT2D eigenvalue weighted by atomic mass is 10.0. The number of aromatic nitrogens is 1. The predicted molar refractivity (Wildman–Crippen MR) is 73.8 cm³/mol. The molecule has 1 amide bonds. The number of rotatable bonds is 4. The van der Waals surface area contributed by atoms with Gasteiger partial charge in [0, 0.05) is 10.9 Å². The summed E-state index contributed by atoms with van der Waals surface area (Å²) >= 11 is 1.53. The standard InChI is InChI=1S/C14H16N2OS/c1-10(2)11-3-5-12(6-4-11)14(17)15-7-13-8-18-9-16-13/h3-6,8-10H,7H2,1-2H3,(H,15,17). The van der Waals surface area contributed by atoms with E-state index in [1.54, 1.807) is 5.51 Å². The van der Waals surface area contributed by atoms with Gasteiger partial charge < -0.3 is 5.32 Å². The Kier molecular flexibility index (Phi) is 4.10. The third-order valence-corrected chi connectivity index (χ3v) is 3.39. The molecule has 1 heterocycles. The van der Waals surface area contributed by atoms with E-state index in [2.05, 4.69) is 24.1 Å². The summed E-state index contributed by atoms with van der Waals surface area (Å²) in [4.78, 5) is 16.0. The first-order valence-electron chi connectivity index (χ1n) is 5.92. The van der Waals surface area contributed by atoms with Crippen molar-refractivity contribution in [3.05, 3.63) is 52.0 Å². The van der Waals surface area contributed by atoms with Gasteiger partial charge in [0.2, 0.25) is 0 Å². The number of nitrogens with zero attached hydrogens (tertiary/aromatic N) is 1. The van der Waals surface area contributed by atoms with Gasteiger partial charge in [0.15, 0.2) is 0 Å². The fourth-order valence-electron chi connectivity index (χ4n) is 1.62. The molecule has 0 fully saturated rings. The Labute approximate surface area is 111 Å². The van der Waals surface area contributed by atoms with E-state index in [1.165, 1.54) is 16.9 Å². The van der Waals surface area contributed by atoms with E-state index < -0.39 is 0 Å². The number of benzene rings is 1. The maximum atomic E-state index is 11.9. The van der Waals surface area contributed by atoms with Gasteiger partial charge >= 0.3 is 0 Å². The average Bonchev–Trinajstić information content (AvgIpc) is 2.89. The van der Waals surface area contributed by atoms with Crippen molar-refractivity contribution in [2.45, 2.75) is 26.3 Å². The minimum atomic E-state index is -0.0571. The molecule has 0 bridgehead atoms. The molecule has 2 aromatic rings. The highest BCUT2D eigenvalue weighted by Gasteiger charge is 2.06. The van der Waals surface area contributed by atoms with Crippen LogP contribution in [0.1, 0.15) is 41.4 Å². The van der Waals surface area contributed by atoms with E-state index in [1.807, 2.05) is 29.6 Å². The SMILES string of the molecule is CC(C)c1ccc(C(=O)NCc2cscn2)cc1. The van der Waals surface area contributed by atoms with Crippen LogP contribution in [0.25, 0.3) is 0 Å². The smallest absolute Gasteiger partial charge is 0.251 e. The molecule has 0 unspecified atom stereocenters. The third kappa shape index (κ3) is 3.17. The molecule has 4 heteroatoms. The summed E-state index contributed by atoms with van der Waals surface area (Å²) in [7, 11) is 0. The van der Waals surface area contributed by atoms with Crippen LogP contribution in [0.2, 0.25) is 0 Å². The zero-order valence-corrected chi connectivity index (χ0v) is 11.3. The molecule has 0 aliphatic heterocycles. The maximum Gasteiger partial charge on any atom is 0.251 e. The Bertz CT molecular complexity index is 503. The molecule has 1 aromatic heterocycles. The number of nitrogens with one attached hydrogen (secondary N) is 1. The van der Waals surface area contributed by atoms with Crippen molar-refractivity contribution in [1.29, 1.82) is 0 Å². The van der Waals surface area contributed by atoms with Gasteiger partial charge in [0.05, 0.1) is 17.7 Å². The van der Waals surface area contributed by atoms with Gasteiger partial charge in [-0.25, -0.2) is 4.98 Å². The molecular weight excluding hydrogens is 244 g/mol. The molecule has 94 valence electrons. The molecule has 0 atom stereocenters. The van der Waals surface area contributed by atoms with E-state index in [0.717, 1.165) is 5.69 Å². The largest absolute Gasteiger partial charge is 0.346 e. The number of thiazole rings is 1. The van der Waals surface area contributed by atoms with E-state index in [-0.39, 0.29) is 5.91 Å². The lowest BCUT2D eigenvalue weighted by Gasteiger charge is -2.07. The minimum absolute atomic E-state index is 0.0571. The summed E-state index contributed by atoms with van der Waals surface area (Å²) < 4.78 is 0. The fourth-order valence-corrected chi connectivity index (χ4v) is 2.18. The zero-order chi connectivity index (χ0) is 13.0. The van der Waals surface area contributed by atoms with Crippen LogP contribution in [-0.2, 0) is 6.54 Å². The topological polar surface area (TPSA) is 42.0 Å². The first kappa shape index (κ1) is 12.8. The molecule has 18 heavy (non-hydrogen) atoms. The molecule has 0 saturated carbocycles. The minimum Gasteiger partial charge on any atom is -0.346 e. The Morgan fingerprint density at radius 3 is 2.61 bits per heavy atom. The summed E-state index contributed by atoms with van der Waals surface area (Å²) in [6, 6.07) is 7.74. The molecule has 0 radical (unpaired) electrons. The highest BCUT2D eigenvalue weighted by Crippen LogP contribution is 2.14. The van der Waals surface area contributed by atoms with Crippen LogP contribution in [-0.4, -0.2) is 10.9 Å². The van der Waals surface area contributed by atoms with Gasteiger partial charge in [-0.05, 0) is 23.6 Å². The number of hydrogen-bond donors (Lipinski definition) is 1. The lowest BCUT2D eigenvalue weighted by Crippen LogP contribution is -2.22. The van der Waals surface area contributed by atoms with Crippen LogP contribution >= 0.6 is 11.3 Å². The Morgan fingerprint density at radius 1 is 1.33 bits per heavy atom. The van der Waals surface area contributed by atoms with Crippen molar-refractivity contribution in [2.75, 3.05) is 0 Å². The molecule has 0 aliphatic carbocycles. The van der Waals surface area contributed by atoms with Crippen molar-refractivity contribution in [3.63, 3.8) is 0 Å². The molecule has 1 N–H and O–H groups in total. The highest BCUT2D eigenvalue weighted by molar-refractivity contribution is 7.07. The number of amides is 1. The molecule has 0 aliphatic rings. The second-order valence-corrected chi connectivity index (χ2v) is 5.16. The van der Waals surface area contributed by atoms with Crippen LogP contribution < -0.4 is 5.32 Å². The molecule has 0 saturated heterocycles. The number of carbonyl (C=O) groups excluding carboxylic acids is 1. The monoisotopic (exact) mass is 260 g/mol. The van der Waals surface area contributed by atoms with Crippen LogP contribution in [0.5, 0.6) is 0 Å². The highest BCUT2D eigenvalue weighted by atomic mass is 32.1. The Balaban J connectivity index is 1.96. The maximum absolute atomic E-state index is 11.9. The number of carbonyl (C=O) groups is 1. The predicted octanol–water partition coefficient (Wildman–Crippen LogP) is 3.20. The van der Waals surface area contributed by atoms with E-state index in [9.17, 15) is 4.79 Å². The molecule has 1 aromatic carbocycles. The molecule has 2 rings (SSSR count). The molecular formula is C14H16N2OS. The number of hydrogen-bond acceptors (Lipinski definition) is 3. The van der Waals surface area contributed by atoms with Crippen LogP contribution in [0.4, 0.5) is 0 Å². The van der Waals surface area contributed by atoms with Crippen LogP contribution in [0.3, 0.4) is 0 Å². The Hall–Kier alpha value is -1.68. The van der Waals surface area contributed by atoms with Gasteiger partial charge in [-0.15, -0.1) is 11.3 Å². The lowest BCUT2D eigenvalue weighted by molar-refractivity contribution is 0.0950. The van der Waals surface area contributed by atoms with Crippen molar-refractivity contribution in [2.24, 2.45) is 0 Å².